The number of aliphatic carboxylic acids is 1. The van der Waals surface area contributed by atoms with Crippen molar-refractivity contribution in [3.05, 3.63) is 165 Å². The van der Waals surface area contributed by atoms with E-state index in [1.807, 2.05) is 0 Å². The van der Waals surface area contributed by atoms with Crippen LogP contribution in [-0.2, 0) is 54.3 Å². The fraction of sp³-hybridized carbons (Fsp3) is 0.488. The van der Waals surface area contributed by atoms with Crippen molar-refractivity contribution in [2.24, 2.45) is 11.5 Å². The lowest BCUT2D eigenvalue weighted by molar-refractivity contribution is -0.137. The van der Waals surface area contributed by atoms with Crippen LogP contribution < -0.4 is 57.0 Å². The summed E-state index contributed by atoms with van der Waals surface area (Å²) in [7, 11) is 0. The highest BCUT2D eigenvalue weighted by atomic mass is 35.5. The topological polar surface area (TPSA) is 371 Å². The second kappa shape index (κ2) is 45.7. The third-order valence-corrected chi connectivity index (χ3v) is 19.3. The van der Waals surface area contributed by atoms with Crippen molar-refractivity contribution in [1.29, 1.82) is 0 Å². The summed E-state index contributed by atoms with van der Waals surface area (Å²) >= 11 is 0. The van der Waals surface area contributed by atoms with E-state index in [4.69, 9.17) is 45.0 Å². The van der Waals surface area contributed by atoms with Gasteiger partial charge in [-0.3, -0.25) is 38.4 Å². The Kier molecular flexibility index (Phi) is 37.2. The van der Waals surface area contributed by atoms with Crippen molar-refractivity contribution < 1.29 is 99.0 Å². The summed E-state index contributed by atoms with van der Waals surface area (Å²) in [4.78, 5) is 127. The zero-order valence-corrected chi connectivity index (χ0v) is 67.9. The molecule has 0 bridgehead atoms. The number of rotatable bonds is 29. The summed E-state index contributed by atoms with van der Waals surface area (Å²) in [5.41, 5.74) is 16.1. The van der Waals surface area contributed by atoms with Gasteiger partial charge in [0.2, 0.25) is 17.7 Å². The lowest BCUT2D eigenvalue weighted by Gasteiger charge is -2.31. The van der Waals surface area contributed by atoms with Gasteiger partial charge in [-0.15, -0.1) is 24.8 Å². The first-order valence-corrected chi connectivity index (χ1v) is 38.2. The second-order valence-electron chi connectivity index (χ2n) is 30.5. The predicted octanol–water partition coefficient (Wildman–Crippen LogP) is 9.57. The van der Waals surface area contributed by atoms with Gasteiger partial charge >= 0.3 is 18.2 Å². The van der Waals surface area contributed by atoms with E-state index in [0.717, 1.165) is 80.0 Å². The van der Waals surface area contributed by atoms with E-state index in [2.05, 4.69) is 26.6 Å². The lowest BCUT2D eigenvalue weighted by Crippen LogP contribution is -2.48. The molecule has 11 rings (SSSR count). The molecule has 34 heteroatoms. The van der Waals surface area contributed by atoms with Crippen LogP contribution in [0.1, 0.15) is 163 Å². The number of nitrogens with zero attached hydrogens (tertiary/aromatic N) is 4. The quantitative estimate of drug-likeness (QED) is 0.0234. The summed E-state index contributed by atoms with van der Waals surface area (Å²) in [6, 6.07) is 21.0. The molecule has 0 spiro atoms. The molecule has 7 aliphatic rings. The monoisotopic (exact) mass is 1660 g/mol. The molecule has 4 heterocycles. The van der Waals surface area contributed by atoms with Crippen LogP contribution in [0.4, 0.5) is 27.2 Å². The highest BCUT2D eigenvalue weighted by Gasteiger charge is 2.33. The molecular formula is C82H107Cl2F4N11O17. The summed E-state index contributed by atoms with van der Waals surface area (Å²) < 4.78 is 83.9. The van der Waals surface area contributed by atoms with E-state index in [9.17, 15) is 65.5 Å². The minimum Gasteiger partial charge on any atom is -0.489 e. The van der Waals surface area contributed by atoms with Crippen molar-refractivity contribution in [2.75, 3.05) is 105 Å². The average Bonchev–Trinajstić information content (AvgIpc) is 0.815. The number of alkyl carbamates (subject to hydrolysis) is 2. The minimum atomic E-state index is -1.06. The summed E-state index contributed by atoms with van der Waals surface area (Å²) in [5.74, 6) is -0.119. The number of hydrogen-bond acceptors (Lipinski definition) is 18. The molecule has 0 aromatic heterocycles. The van der Waals surface area contributed by atoms with Crippen molar-refractivity contribution in [3.8, 4) is 23.0 Å². The van der Waals surface area contributed by atoms with Gasteiger partial charge in [0, 0.05) is 115 Å². The second-order valence-corrected chi connectivity index (χ2v) is 30.5. The van der Waals surface area contributed by atoms with Crippen molar-refractivity contribution in [2.45, 2.75) is 154 Å². The third-order valence-electron chi connectivity index (χ3n) is 19.3. The predicted molar refractivity (Wildman–Crippen MR) is 429 cm³/mol. The molecule has 0 radical (unpaired) electrons. The van der Waals surface area contributed by atoms with Gasteiger partial charge in [-0.1, -0.05) is 0 Å². The fourth-order valence-corrected chi connectivity index (χ4v) is 12.4. The molecule has 9 amide bonds. The Morgan fingerprint density at radius 2 is 0.672 bits per heavy atom. The molecule has 116 heavy (non-hydrogen) atoms. The van der Waals surface area contributed by atoms with Gasteiger partial charge in [0.25, 0.3) is 23.6 Å². The standard InChI is InChI=1S/C24H32FN3O5.C20H25FN2O6.2C19H24FN3O3.2ClH/c1-24(2,3)33-23(31)26-13-16(12-25)15-32-19-7-8-20-17(11-19)9-10-28(22(20)30)14-21(29)27-18-5-4-6-18;1-20(2,3)29-19(27)22-10-13(9-21)12-28-15-4-5-16-14(8-15)6-7-23(18(16)26)11-17(24)25;2*20-9-13(10-21)12-26-16-4-5-17-14(8-16)6-7-23(19(17)25)11-18(24)22-15-2-1-3-15;;/h7-8,11-12,18H,4-6,9-10,13-15H2,1-3H3,(H,26,31)(H,27,29);4-5,8-9H,6-7,10-12H2,1-3H3,(H,22,27)(H,24,25);2*4-5,8-9,15H,1-3,6-7,10-12,21H2,(H,22,24);2*1H/b16-12+;3*13-9+;;. The zero-order chi connectivity index (χ0) is 82.7. The van der Waals surface area contributed by atoms with Gasteiger partial charge in [-0.25, -0.2) is 27.2 Å². The third kappa shape index (κ3) is 29.7. The highest BCUT2D eigenvalue weighted by molar-refractivity contribution is 6.01. The van der Waals surface area contributed by atoms with Crippen LogP contribution in [0.25, 0.3) is 0 Å². The molecule has 3 fully saturated rings. The molecule has 3 aliphatic carbocycles. The average molecular weight is 1670 g/mol. The van der Waals surface area contributed by atoms with E-state index in [1.54, 1.807) is 129 Å². The van der Waals surface area contributed by atoms with E-state index < -0.39 is 29.4 Å². The number of carbonyl (C=O) groups excluding carboxylic acids is 9. The first-order chi connectivity index (χ1) is 54.4. The Bertz CT molecular complexity index is 4120. The van der Waals surface area contributed by atoms with Gasteiger partial charge in [-0.05, 0) is 220 Å². The Balaban J connectivity index is 0.000000240. The number of carboxylic acid groups (broad SMARTS) is 1. The number of carbonyl (C=O) groups is 10. The number of ether oxygens (including phenoxy) is 6. The van der Waals surface area contributed by atoms with Gasteiger partial charge in [0.15, 0.2) is 0 Å². The molecular weight excluding hydrogens is 1560 g/mol. The fourth-order valence-electron chi connectivity index (χ4n) is 12.4. The van der Waals surface area contributed by atoms with E-state index in [0.29, 0.717) is 134 Å². The number of fused-ring (bicyclic) bond motifs is 4. The molecule has 10 N–H and O–H groups in total. The molecule has 634 valence electrons. The molecule has 0 unspecified atom stereocenters. The number of benzene rings is 4. The summed E-state index contributed by atoms with van der Waals surface area (Å²) in [5, 5.41) is 22.7. The number of halogens is 6. The maximum atomic E-state index is 13.2. The lowest BCUT2D eigenvalue weighted by atomic mass is 9.93. The van der Waals surface area contributed by atoms with Crippen LogP contribution >= 0.6 is 24.8 Å². The van der Waals surface area contributed by atoms with Gasteiger partial charge in [-0.2, -0.15) is 0 Å². The zero-order valence-electron chi connectivity index (χ0n) is 66.2. The Morgan fingerprint density at radius 3 is 0.888 bits per heavy atom. The van der Waals surface area contributed by atoms with Crippen LogP contribution in [-0.4, -0.2) is 219 Å². The smallest absolute Gasteiger partial charge is 0.407 e. The molecule has 0 atom stereocenters. The normalized spacial score (nSPS) is 16.1. The molecule has 0 saturated heterocycles. The van der Waals surface area contributed by atoms with Gasteiger partial charge in [0.1, 0.15) is 67.2 Å². The maximum absolute atomic E-state index is 13.2. The molecule has 4 aromatic carbocycles. The molecule has 28 nitrogen and oxygen atoms in total. The largest absolute Gasteiger partial charge is 0.489 e. The SMILES string of the molecule is CC(C)(C)OC(=O)NC/C(=C\F)COc1ccc2c(c1)CCN(CC(=O)NC1CCC1)C2=O.CC(C)(C)OC(=O)NC/C(=C\F)COc1ccc2c(c1)CCN(CC(=O)O)C2=O.Cl.Cl.NC/C(=C\F)COc1ccc2c(c1)CCN(CC(=O)NC1CCC1)C2=O.NC/C(=C\F)COc1ccc2c(c1)CCN(CC(=O)NC1CCC1)C2=O. The van der Waals surface area contributed by atoms with Crippen molar-refractivity contribution in [1.82, 2.24) is 46.2 Å². The molecule has 4 aromatic rings. The summed E-state index contributed by atoms with van der Waals surface area (Å²) in [6.45, 7) is 12.1. The number of carboxylic acids is 1. The van der Waals surface area contributed by atoms with Crippen LogP contribution in [0.15, 0.2) is 120 Å². The van der Waals surface area contributed by atoms with Crippen LogP contribution in [0, 0.1) is 0 Å². The van der Waals surface area contributed by atoms with Crippen molar-refractivity contribution in [3.63, 3.8) is 0 Å². The highest BCUT2D eigenvalue weighted by Crippen LogP contribution is 2.30. The summed E-state index contributed by atoms with van der Waals surface area (Å²) in [6.07, 6.45) is 12.3. The Morgan fingerprint density at radius 1 is 0.422 bits per heavy atom. The first kappa shape index (κ1) is 94.4. The van der Waals surface area contributed by atoms with Crippen molar-refractivity contribution >= 4 is 84.3 Å². The number of nitrogens with two attached hydrogens (primary N) is 2. The Hall–Kier alpha value is -10.4. The first-order valence-electron chi connectivity index (χ1n) is 38.2. The van der Waals surface area contributed by atoms with Crippen LogP contribution in [0.5, 0.6) is 23.0 Å². The van der Waals surface area contributed by atoms with Crippen LogP contribution in [0.2, 0.25) is 0 Å². The maximum Gasteiger partial charge on any atom is 0.407 e. The number of nitrogens with one attached hydrogen (secondary N) is 5. The number of amides is 9. The van der Waals surface area contributed by atoms with Crippen LogP contribution in [0.3, 0.4) is 0 Å². The van der Waals surface area contributed by atoms with Gasteiger partial charge < -0.3 is 91.2 Å². The molecule has 3 saturated carbocycles. The Labute approximate surface area is 685 Å². The minimum absolute atomic E-state index is 0. The van der Waals surface area contributed by atoms with E-state index in [1.165, 1.54) is 4.90 Å². The van der Waals surface area contributed by atoms with E-state index >= 15 is 0 Å². The van der Waals surface area contributed by atoms with Gasteiger partial charge in [0.05, 0.1) is 45.0 Å². The van der Waals surface area contributed by atoms with E-state index in [-0.39, 0.29) is 174 Å². The molecule has 4 aliphatic heterocycles. The number of hydrogen-bond donors (Lipinski definition) is 8.